The number of nitrogens with zero attached hydrogens (tertiary/aromatic N) is 1. The van der Waals surface area contributed by atoms with Crippen LogP contribution in [0, 0.1) is 0 Å². The molecule has 0 saturated carbocycles. The number of aliphatic hydroxyl groups excluding tert-OH is 1. The molecule has 2 rings (SSSR count). The molecule has 2 aromatic carbocycles. The van der Waals surface area contributed by atoms with E-state index in [1.807, 2.05) is 0 Å². The van der Waals surface area contributed by atoms with Gasteiger partial charge >= 0.3 is 0 Å². The number of carbonyl (C=O) groups is 1. The van der Waals surface area contributed by atoms with Gasteiger partial charge in [0.05, 0.1) is 32.7 Å². The number of rotatable bonds is 7. The molecule has 0 amide bonds. The third-order valence-electron chi connectivity index (χ3n) is 4.85. The molecular weight excluding hydrogens is 457 g/mol. The number of benzene rings is 2. The Hall–Kier alpha value is -1.48. The maximum Gasteiger partial charge on any atom is 0.154 e. The highest BCUT2D eigenvalue weighted by Crippen LogP contribution is 2.28. The van der Waals surface area contributed by atoms with Crippen LogP contribution < -0.4 is 29.1 Å². The third kappa shape index (κ3) is 6.88. The van der Waals surface area contributed by atoms with Gasteiger partial charge in [0.1, 0.15) is 6.54 Å². The van der Waals surface area contributed by atoms with Crippen molar-refractivity contribution in [2.75, 3.05) is 33.3 Å². The second kappa shape index (κ2) is 12.1. The fourth-order valence-corrected chi connectivity index (χ4v) is 2.54. The Labute approximate surface area is 178 Å². The minimum Gasteiger partial charge on any atom is -1.00 e. The van der Waals surface area contributed by atoms with Gasteiger partial charge in [-0.15, -0.1) is 0 Å². The van der Waals surface area contributed by atoms with E-state index in [-0.39, 0.29) is 35.1 Å². The standard InChI is InChI=1S/C14H12O3.C7H18NO.HI/c15-13(16)14(17,11-7-3-1-4-8-11)12-9-5-2-6-10-12;1-4-8(3,5-2)6-7-9;/h1-10,17H,(H,15,16);9H,4-7H2,1-3H3;1H/q;+1;/p-2. The first-order chi connectivity index (χ1) is 12.3. The Morgan fingerprint density at radius 3 is 1.56 bits per heavy atom. The first-order valence-corrected chi connectivity index (χ1v) is 8.83. The highest BCUT2D eigenvalue weighted by molar-refractivity contribution is 5.81. The topological polar surface area (TPSA) is 80.6 Å². The van der Waals surface area contributed by atoms with E-state index in [1.165, 1.54) is 0 Å². The van der Waals surface area contributed by atoms with E-state index in [2.05, 4.69) is 20.9 Å². The average Bonchev–Trinajstić information content (AvgIpc) is 2.69. The maximum absolute atomic E-state index is 11.3. The van der Waals surface area contributed by atoms with Crippen molar-refractivity contribution >= 4 is 5.97 Å². The first kappa shape index (κ1) is 25.5. The lowest BCUT2D eigenvalue weighted by molar-refractivity contribution is -0.906. The minimum absolute atomic E-state index is 0. The lowest BCUT2D eigenvalue weighted by atomic mass is 9.86. The number of carbonyl (C=O) groups excluding carboxylic acids is 1. The summed E-state index contributed by atoms with van der Waals surface area (Å²) in [7, 11) is 2.16. The van der Waals surface area contributed by atoms with Gasteiger partial charge < -0.3 is 48.6 Å². The predicted octanol–water partition coefficient (Wildman–Crippen LogP) is -1.86. The zero-order valence-electron chi connectivity index (χ0n) is 16.1. The number of halogens is 1. The first-order valence-electron chi connectivity index (χ1n) is 8.83. The summed E-state index contributed by atoms with van der Waals surface area (Å²) in [5, 5.41) is 30.3. The average molecular weight is 486 g/mol. The van der Waals surface area contributed by atoms with Crippen molar-refractivity contribution in [3.05, 3.63) is 71.8 Å². The molecule has 0 atom stereocenters. The third-order valence-corrected chi connectivity index (χ3v) is 4.85. The maximum atomic E-state index is 11.3. The van der Waals surface area contributed by atoms with E-state index < -0.39 is 11.6 Å². The highest BCUT2D eigenvalue weighted by atomic mass is 127. The monoisotopic (exact) mass is 486 g/mol. The second-order valence-corrected chi connectivity index (χ2v) is 6.43. The van der Waals surface area contributed by atoms with Gasteiger partial charge in [-0.2, -0.15) is 0 Å². The molecule has 5 nitrogen and oxygen atoms in total. The van der Waals surface area contributed by atoms with Crippen LogP contribution in [0.25, 0.3) is 0 Å². The molecule has 0 aliphatic rings. The quantitative estimate of drug-likeness (QED) is 0.356. The van der Waals surface area contributed by atoms with E-state index >= 15 is 0 Å². The molecule has 150 valence electrons. The van der Waals surface area contributed by atoms with Gasteiger partial charge in [0.2, 0.25) is 0 Å². The molecule has 0 heterocycles. The molecule has 0 fully saturated rings. The molecule has 0 unspecified atom stereocenters. The molecular formula is C21H29INO4-. The number of carboxylic acids is 1. The smallest absolute Gasteiger partial charge is 0.154 e. The predicted molar refractivity (Wildman–Crippen MR) is 100 cm³/mol. The summed E-state index contributed by atoms with van der Waals surface area (Å²) >= 11 is 0. The van der Waals surface area contributed by atoms with Gasteiger partial charge in [0, 0.05) is 0 Å². The molecule has 2 aromatic rings. The van der Waals surface area contributed by atoms with Crippen LogP contribution in [0.1, 0.15) is 25.0 Å². The molecule has 0 aromatic heterocycles. The van der Waals surface area contributed by atoms with Crippen LogP contribution in [0.3, 0.4) is 0 Å². The molecule has 0 spiro atoms. The zero-order chi connectivity index (χ0) is 19.6. The van der Waals surface area contributed by atoms with Crippen molar-refractivity contribution in [2.24, 2.45) is 0 Å². The van der Waals surface area contributed by atoms with Gasteiger partial charge in [0.15, 0.2) is 5.60 Å². The number of quaternary nitrogens is 1. The van der Waals surface area contributed by atoms with Gasteiger partial charge in [-0.05, 0) is 25.0 Å². The van der Waals surface area contributed by atoms with E-state index in [0.717, 1.165) is 24.1 Å². The Morgan fingerprint density at radius 1 is 0.963 bits per heavy atom. The summed E-state index contributed by atoms with van der Waals surface area (Å²) in [6.45, 7) is 7.71. The van der Waals surface area contributed by atoms with Gasteiger partial charge in [-0.1, -0.05) is 60.7 Å². The van der Waals surface area contributed by atoms with Crippen molar-refractivity contribution in [3.8, 4) is 0 Å². The fourth-order valence-electron chi connectivity index (χ4n) is 2.54. The summed E-state index contributed by atoms with van der Waals surface area (Å²) in [5.74, 6) is -1.53. The van der Waals surface area contributed by atoms with E-state index in [9.17, 15) is 15.0 Å². The van der Waals surface area contributed by atoms with Gasteiger partial charge in [0.25, 0.3) is 0 Å². The molecule has 6 heteroatoms. The zero-order valence-corrected chi connectivity index (χ0v) is 18.3. The summed E-state index contributed by atoms with van der Waals surface area (Å²) < 4.78 is 0.983. The van der Waals surface area contributed by atoms with Crippen LogP contribution in [0.15, 0.2) is 60.7 Å². The SMILES string of the molecule is CC[N+](C)(CC)CCO.O=C([O-])C(O)(c1ccccc1)c1ccccc1.[I-]. The Bertz CT molecular complexity index is 621. The molecule has 0 saturated heterocycles. The molecule has 0 bridgehead atoms. The van der Waals surface area contributed by atoms with E-state index in [0.29, 0.717) is 6.61 Å². The van der Waals surface area contributed by atoms with Crippen LogP contribution in [-0.4, -0.2) is 54.0 Å². The van der Waals surface area contributed by atoms with Crippen molar-refractivity contribution in [1.29, 1.82) is 0 Å². The summed E-state index contributed by atoms with van der Waals surface area (Å²) in [6, 6.07) is 16.4. The van der Waals surface area contributed by atoms with Crippen LogP contribution in [-0.2, 0) is 10.4 Å². The van der Waals surface area contributed by atoms with Crippen molar-refractivity contribution in [1.82, 2.24) is 0 Å². The Balaban J connectivity index is 0.000000584. The number of likely N-dealkylation sites (N-methyl/N-ethyl adjacent to an activating group) is 1. The van der Waals surface area contributed by atoms with Crippen molar-refractivity contribution in [2.45, 2.75) is 19.4 Å². The van der Waals surface area contributed by atoms with Crippen LogP contribution in [0.5, 0.6) is 0 Å². The largest absolute Gasteiger partial charge is 1.00 e. The molecule has 0 aliphatic carbocycles. The highest BCUT2D eigenvalue weighted by Gasteiger charge is 2.32. The van der Waals surface area contributed by atoms with Crippen LogP contribution in [0.4, 0.5) is 0 Å². The Morgan fingerprint density at radius 2 is 1.33 bits per heavy atom. The second-order valence-electron chi connectivity index (χ2n) is 6.43. The molecule has 2 N–H and O–H groups in total. The normalized spacial score (nSPS) is 11.0. The Kier molecular flexibility index (Phi) is 11.4. The number of aliphatic carboxylic acids is 1. The van der Waals surface area contributed by atoms with Crippen molar-refractivity contribution in [3.63, 3.8) is 0 Å². The minimum atomic E-state index is -2.11. The summed E-state index contributed by atoms with van der Waals surface area (Å²) in [6.07, 6.45) is 0. The van der Waals surface area contributed by atoms with Crippen molar-refractivity contribution < 1.29 is 48.6 Å². The molecule has 27 heavy (non-hydrogen) atoms. The number of hydrogen-bond acceptors (Lipinski definition) is 4. The summed E-state index contributed by atoms with van der Waals surface area (Å²) in [4.78, 5) is 11.3. The number of aliphatic hydroxyl groups is 2. The fraction of sp³-hybridized carbons (Fsp3) is 0.381. The van der Waals surface area contributed by atoms with E-state index in [4.69, 9.17) is 5.11 Å². The molecule has 0 aliphatic heterocycles. The van der Waals surface area contributed by atoms with Gasteiger partial charge in [-0.25, -0.2) is 0 Å². The number of carboxylic acid groups (broad SMARTS) is 1. The van der Waals surface area contributed by atoms with E-state index in [1.54, 1.807) is 60.7 Å². The summed E-state index contributed by atoms with van der Waals surface area (Å²) in [5.41, 5.74) is -1.54. The van der Waals surface area contributed by atoms with Gasteiger partial charge in [-0.3, -0.25) is 0 Å². The lowest BCUT2D eigenvalue weighted by Gasteiger charge is -2.31. The lowest BCUT2D eigenvalue weighted by Crippen LogP contribution is -3.00. The van der Waals surface area contributed by atoms with Crippen LogP contribution in [0.2, 0.25) is 0 Å². The van der Waals surface area contributed by atoms with Crippen LogP contribution >= 0.6 is 0 Å². The number of hydrogen-bond donors (Lipinski definition) is 2. The molecule has 0 radical (unpaired) electrons.